The van der Waals surface area contributed by atoms with Gasteiger partial charge in [-0.2, -0.15) is 0 Å². The first-order valence-corrected chi connectivity index (χ1v) is 6.65. The third kappa shape index (κ3) is 4.75. The van der Waals surface area contributed by atoms with Gasteiger partial charge in [-0.1, -0.05) is 18.5 Å². The molecular weight excluding hydrogens is 296 g/mol. The molecule has 1 unspecified atom stereocenters. The Morgan fingerprint density at radius 1 is 1.38 bits per heavy atom. The van der Waals surface area contributed by atoms with Crippen molar-refractivity contribution in [2.45, 2.75) is 13.8 Å². The Labute approximate surface area is 127 Å². The van der Waals surface area contributed by atoms with E-state index in [-0.39, 0.29) is 23.0 Å². The molecule has 0 aliphatic rings. The average molecular weight is 313 g/mol. The maximum atomic E-state index is 12.3. The van der Waals surface area contributed by atoms with Crippen LogP contribution < -0.4 is 5.32 Å². The lowest BCUT2D eigenvalue weighted by Crippen LogP contribution is -2.33. The molecule has 1 rings (SSSR count). The number of carboxylic acid groups (broad SMARTS) is 1. The van der Waals surface area contributed by atoms with Crippen molar-refractivity contribution >= 4 is 35.1 Å². The molecule has 0 aromatic heterocycles. The number of rotatable bonds is 5. The molecule has 0 aliphatic heterocycles. The standard InChI is InChI=1S/C14H17ClN2O4/c1-8(14(20)21)7-17(3)13(19)11-6-10(16-9(2)18)4-5-12(11)15/h4-6,8H,7H2,1-3H3,(H,16,18)(H,20,21). The van der Waals surface area contributed by atoms with Gasteiger partial charge < -0.3 is 15.3 Å². The highest BCUT2D eigenvalue weighted by Gasteiger charge is 2.20. The molecule has 1 aromatic rings. The van der Waals surface area contributed by atoms with Gasteiger partial charge in [-0.3, -0.25) is 14.4 Å². The fraction of sp³-hybridized carbons (Fsp3) is 0.357. The van der Waals surface area contributed by atoms with Crippen molar-refractivity contribution in [3.63, 3.8) is 0 Å². The Hall–Kier alpha value is -2.08. The van der Waals surface area contributed by atoms with Crippen LogP contribution in [0.4, 0.5) is 5.69 Å². The Morgan fingerprint density at radius 3 is 2.52 bits per heavy atom. The fourth-order valence-electron chi connectivity index (χ4n) is 1.75. The molecule has 7 heteroatoms. The first-order valence-electron chi connectivity index (χ1n) is 6.27. The van der Waals surface area contributed by atoms with Gasteiger partial charge in [0.15, 0.2) is 0 Å². The number of aliphatic carboxylic acids is 1. The number of benzene rings is 1. The SMILES string of the molecule is CC(=O)Nc1ccc(Cl)c(C(=O)N(C)CC(C)C(=O)O)c1. The lowest BCUT2D eigenvalue weighted by Gasteiger charge is -2.20. The van der Waals surface area contributed by atoms with E-state index in [2.05, 4.69) is 5.32 Å². The van der Waals surface area contributed by atoms with Crippen molar-refractivity contribution in [2.24, 2.45) is 5.92 Å². The predicted molar refractivity (Wildman–Crippen MR) is 79.5 cm³/mol. The van der Waals surface area contributed by atoms with E-state index in [0.29, 0.717) is 5.69 Å². The molecule has 0 aliphatic carbocycles. The topological polar surface area (TPSA) is 86.7 Å². The minimum absolute atomic E-state index is 0.0643. The first kappa shape index (κ1) is 17.0. The highest BCUT2D eigenvalue weighted by molar-refractivity contribution is 6.34. The van der Waals surface area contributed by atoms with E-state index in [0.717, 1.165) is 0 Å². The van der Waals surface area contributed by atoms with Gasteiger partial charge in [0.2, 0.25) is 5.91 Å². The van der Waals surface area contributed by atoms with Crippen LogP contribution in [0.5, 0.6) is 0 Å². The summed E-state index contributed by atoms with van der Waals surface area (Å²) >= 11 is 5.99. The fourth-order valence-corrected chi connectivity index (χ4v) is 1.95. The molecule has 0 fully saturated rings. The number of carbonyl (C=O) groups is 3. The number of carbonyl (C=O) groups excluding carboxylic acids is 2. The second kappa shape index (κ2) is 7.08. The van der Waals surface area contributed by atoms with E-state index in [4.69, 9.17) is 16.7 Å². The molecule has 0 heterocycles. The number of nitrogens with one attached hydrogen (secondary N) is 1. The summed E-state index contributed by atoms with van der Waals surface area (Å²) in [6.07, 6.45) is 0. The van der Waals surface area contributed by atoms with Gasteiger partial charge in [0.05, 0.1) is 16.5 Å². The number of halogens is 1. The molecular formula is C14H17ClN2O4. The van der Waals surface area contributed by atoms with Gasteiger partial charge >= 0.3 is 5.97 Å². The van der Waals surface area contributed by atoms with Crippen LogP contribution in [0.3, 0.4) is 0 Å². The molecule has 0 saturated carbocycles. The molecule has 1 aromatic carbocycles. The quantitative estimate of drug-likeness (QED) is 0.871. The highest BCUT2D eigenvalue weighted by atomic mass is 35.5. The van der Waals surface area contributed by atoms with Crippen molar-refractivity contribution in [1.82, 2.24) is 4.90 Å². The predicted octanol–water partition coefficient (Wildman–Crippen LogP) is 2.09. The minimum Gasteiger partial charge on any atom is -0.481 e. The molecule has 1 atom stereocenters. The second-order valence-electron chi connectivity index (χ2n) is 4.80. The Morgan fingerprint density at radius 2 is 2.00 bits per heavy atom. The third-order valence-electron chi connectivity index (χ3n) is 2.83. The van der Waals surface area contributed by atoms with E-state index in [1.165, 1.54) is 37.9 Å². The number of hydrogen-bond acceptors (Lipinski definition) is 3. The lowest BCUT2D eigenvalue weighted by molar-refractivity contribution is -0.141. The first-order chi connectivity index (χ1) is 9.72. The second-order valence-corrected chi connectivity index (χ2v) is 5.21. The summed E-state index contributed by atoms with van der Waals surface area (Å²) in [5.41, 5.74) is 0.665. The summed E-state index contributed by atoms with van der Waals surface area (Å²) in [6, 6.07) is 4.56. The Balaban J connectivity index is 2.95. The van der Waals surface area contributed by atoms with Crippen LogP contribution in [-0.4, -0.2) is 41.4 Å². The minimum atomic E-state index is -0.979. The van der Waals surface area contributed by atoms with Gasteiger partial charge in [-0.25, -0.2) is 0 Å². The Kier molecular flexibility index (Phi) is 5.72. The van der Waals surface area contributed by atoms with Crippen molar-refractivity contribution in [3.05, 3.63) is 28.8 Å². The van der Waals surface area contributed by atoms with Crippen LogP contribution >= 0.6 is 11.6 Å². The van der Waals surface area contributed by atoms with E-state index >= 15 is 0 Å². The van der Waals surface area contributed by atoms with Gasteiger partial charge in [0.1, 0.15) is 0 Å². The van der Waals surface area contributed by atoms with Crippen LogP contribution in [0.25, 0.3) is 0 Å². The normalized spacial score (nSPS) is 11.6. The zero-order valence-corrected chi connectivity index (χ0v) is 12.8. The summed E-state index contributed by atoms with van der Waals surface area (Å²) in [5.74, 6) is -2.33. The van der Waals surface area contributed by atoms with Crippen molar-refractivity contribution in [2.75, 3.05) is 18.9 Å². The molecule has 2 amide bonds. The third-order valence-corrected chi connectivity index (χ3v) is 3.16. The maximum absolute atomic E-state index is 12.3. The van der Waals surface area contributed by atoms with Crippen LogP contribution in [0.2, 0.25) is 5.02 Å². The molecule has 0 bridgehead atoms. The molecule has 21 heavy (non-hydrogen) atoms. The van der Waals surface area contributed by atoms with Gasteiger partial charge in [-0.15, -0.1) is 0 Å². The molecule has 114 valence electrons. The maximum Gasteiger partial charge on any atom is 0.308 e. The molecule has 0 saturated heterocycles. The number of hydrogen-bond donors (Lipinski definition) is 2. The lowest BCUT2D eigenvalue weighted by atomic mass is 10.1. The van der Waals surface area contributed by atoms with Gasteiger partial charge in [-0.05, 0) is 18.2 Å². The largest absolute Gasteiger partial charge is 0.481 e. The van der Waals surface area contributed by atoms with Crippen LogP contribution in [-0.2, 0) is 9.59 Å². The van der Waals surface area contributed by atoms with E-state index in [1.54, 1.807) is 6.07 Å². The monoisotopic (exact) mass is 312 g/mol. The van der Waals surface area contributed by atoms with Crippen molar-refractivity contribution in [1.29, 1.82) is 0 Å². The van der Waals surface area contributed by atoms with E-state index in [9.17, 15) is 14.4 Å². The summed E-state index contributed by atoms with van der Waals surface area (Å²) in [5, 5.41) is 11.7. The average Bonchev–Trinajstić information content (AvgIpc) is 2.39. The number of carboxylic acids is 1. The van der Waals surface area contributed by atoms with Crippen molar-refractivity contribution in [3.8, 4) is 0 Å². The molecule has 2 N–H and O–H groups in total. The zero-order valence-electron chi connectivity index (χ0n) is 12.0. The van der Waals surface area contributed by atoms with Gasteiger partial charge in [0.25, 0.3) is 5.91 Å². The Bertz CT molecular complexity index is 574. The van der Waals surface area contributed by atoms with Crippen molar-refractivity contribution < 1.29 is 19.5 Å². The van der Waals surface area contributed by atoms with Crippen LogP contribution in [0.1, 0.15) is 24.2 Å². The smallest absolute Gasteiger partial charge is 0.308 e. The number of anilines is 1. The number of amides is 2. The molecule has 0 radical (unpaired) electrons. The zero-order chi connectivity index (χ0) is 16.2. The summed E-state index contributed by atoms with van der Waals surface area (Å²) in [4.78, 5) is 35.4. The number of nitrogens with zero attached hydrogens (tertiary/aromatic N) is 1. The van der Waals surface area contributed by atoms with Crippen LogP contribution in [0.15, 0.2) is 18.2 Å². The van der Waals surface area contributed by atoms with Gasteiger partial charge in [0, 0.05) is 26.2 Å². The molecule has 6 nitrogen and oxygen atoms in total. The highest BCUT2D eigenvalue weighted by Crippen LogP contribution is 2.22. The summed E-state index contributed by atoms with van der Waals surface area (Å²) in [7, 11) is 1.50. The summed E-state index contributed by atoms with van der Waals surface area (Å²) < 4.78 is 0. The summed E-state index contributed by atoms with van der Waals surface area (Å²) in [6.45, 7) is 2.94. The molecule has 0 spiro atoms. The van der Waals surface area contributed by atoms with E-state index in [1.807, 2.05) is 0 Å². The van der Waals surface area contributed by atoms with Crippen LogP contribution in [0, 0.1) is 5.92 Å². The van der Waals surface area contributed by atoms with E-state index < -0.39 is 17.8 Å².